The Morgan fingerprint density at radius 3 is 2.79 bits per heavy atom. The van der Waals surface area contributed by atoms with Crippen LogP contribution in [0, 0.1) is 0 Å². The highest BCUT2D eigenvalue weighted by atomic mass is 16.5. The number of hydrazine groups is 1. The number of fused-ring (bicyclic) bond motifs is 1. The number of nitrogen functional groups attached to an aromatic ring is 1. The van der Waals surface area contributed by atoms with Gasteiger partial charge in [-0.25, -0.2) is 5.84 Å². The van der Waals surface area contributed by atoms with Crippen molar-refractivity contribution in [2.24, 2.45) is 5.84 Å². The first kappa shape index (κ1) is 11.5. The summed E-state index contributed by atoms with van der Waals surface area (Å²) in [4.78, 5) is 0. The average Bonchev–Trinajstić information content (AvgIpc) is 2.93. The predicted molar refractivity (Wildman–Crippen MR) is 70.4 cm³/mol. The van der Waals surface area contributed by atoms with Crippen molar-refractivity contribution in [1.82, 2.24) is 10.2 Å². The van der Waals surface area contributed by atoms with Gasteiger partial charge in [-0.15, -0.1) is 5.10 Å². The lowest BCUT2D eigenvalue weighted by atomic mass is 10.1. The van der Waals surface area contributed by atoms with E-state index in [1.54, 1.807) is 0 Å². The number of benzene rings is 2. The van der Waals surface area contributed by atoms with Gasteiger partial charge in [-0.2, -0.15) is 0 Å². The maximum Gasteiger partial charge on any atom is 0.330 e. The lowest BCUT2D eigenvalue weighted by Crippen LogP contribution is -2.06. The van der Waals surface area contributed by atoms with E-state index >= 15 is 0 Å². The van der Waals surface area contributed by atoms with Gasteiger partial charge >= 0.3 is 6.01 Å². The number of hydrogen-bond donors (Lipinski definition) is 2. The second-order valence-electron chi connectivity index (χ2n) is 3.91. The Hall–Kier alpha value is -2.60. The summed E-state index contributed by atoms with van der Waals surface area (Å²) in [6.07, 6.45) is 0. The standard InChI is InChI=1S/C13H12N4O2/c14-15-13-17-16-12(19-13)8-18-11-7-3-5-9-4-1-2-6-10(9)11/h1-7H,8,14H2,(H,15,17). The van der Waals surface area contributed by atoms with E-state index in [-0.39, 0.29) is 12.6 Å². The van der Waals surface area contributed by atoms with Crippen LogP contribution in [0.3, 0.4) is 0 Å². The number of nitrogens with one attached hydrogen (secondary N) is 1. The summed E-state index contributed by atoms with van der Waals surface area (Å²) in [5, 5.41) is 9.64. The number of nitrogens with two attached hydrogens (primary N) is 1. The topological polar surface area (TPSA) is 86.2 Å². The van der Waals surface area contributed by atoms with Crippen molar-refractivity contribution in [3.8, 4) is 5.75 Å². The van der Waals surface area contributed by atoms with Crippen LogP contribution in [-0.2, 0) is 6.61 Å². The van der Waals surface area contributed by atoms with Crippen LogP contribution in [0.2, 0.25) is 0 Å². The zero-order valence-corrected chi connectivity index (χ0v) is 10.0. The minimum Gasteiger partial charge on any atom is -0.483 e. The highest BCUT2D eigenvalue weighted by Crippen LogP contribution is 2.25. The number of rotatable bonds is 4. The fourth-order valence-corrected chi connectivity index (χ4v) is 1.83. The minimum absolute atomic E-state index is 0.163. The molecule has 0 spiro atoms. The maximum absolute atomic E-state index is 5.70. The van der Waals surface area contributed by atoms with Gasteiger partial charge in [0.2, 0.25) is 0 Å². The molecule has 19 heavy (non-hydrogen) atoms. The number of aromatic nitrogens is 2. The molecule has 0 saturated heterocycles. The van der Waals surface area contributed by atoms with E-state index < -0.39 is 0 Å². The van der Waals surface area contributed by atoms with E-state index in [1.807, 2.05) is 42.5 Å². The largest absolute Gasteiger partial charge is 0.483 e. The summed E-state index contributed by atoms with van der Waals surface area (Å²) in [6.45, 7) is 0.197. The summed E-state index contributed by atoms with van der Waals surface area (Å²) in [5.41, 5.74) is 2.28. The van der Waals surface area contributed by atoms with Crippen LogP contribution >= 0.6 is 0 Å². The van der Waals surface area contributed by atoms with Crippen LogP contribution in [0.15, 0.2) is 46.9 Å². The van der Waals surface area contributed by atoms with E-state index in [9.17, 15) is 0 Å². The van der Waals surface area contributed by atoms with E-state index in [0.29, 0.717) is 5.89 Å². The van der Waals surface area contributed by atoms with Gasteiger partial charge in [-0.1, -0.05) is 41.5 Å². The molecule has 3 rings (SSSR count). The molecule has 0 aliphatic rings. The summed E-state index contributed by atoms with van der Waals surface area (Å²) in [7, 11) is 0. The number of nitrogens with zero attached hydrogens (tertiary/aromatic N) is 2. The number of anilines is 1. The highest BCUT2D eigenvalue weighted by molar-refractivity contribution is 5.88. The predicted octanol–water partition coefficient (Wildman–Crippen LogP) is 2.09. The van der Waals surface area contributed by atoms with Gasteiger partial charge in [0, 0.05) is 5.39 Å². The Kier molecular flexibility index (Phi) is 2.99. The smallest absolute Gasteiger partial charge is 0.330 e. The molecule has 0 aliphatic carbocycles. The third-order valence-electron chi connectivity index (χ3n) is 2.69. The molecule has 1 aromatic heterocycles. The normalized spacial score (nSPS) is 10.6. The molecule has 0 bridgehead atoms. The molecule has 2 aromatic carbocycles. The Morgan fingerprint density at radius 2 is 1.95 bits per heavy atom. The molecule has 96 valence electrons. The monoisotopic (exact) mass is 256 g/mol. The van der Waals surface area contributed by atoms with Crippen molar-refractivity contribution in [2.45, 2.75) is 6.61 Å². The van der Waals surface area contributed by atoms with Crippen molar-refractivity contribution in [1.29, 1.82) is 0 Å². The molecular weight excluding hydrogens is 244 g/mol. The van der Waals surface area contributed by atoms with Gasteiger partial charge in [0.15, 0.2) is 6.61 Å². The van der Waals surface area contributed by atoms with Crippen molar-refractivity contribution < 1.29 is 9.15 Å². The molecule has 0 fully saturated rings. The Bertz CT molecular complexity index is 690. The fourth-order valence-electron chi connectivity index (χ4n) is 1.83. The van der Waals surface area contributed by atoms with Gasteiger partial charge in [-0.3, -0.25) is 5.43 Å². The van der Waals surface area contributed by atoms with Crippen LogP contribution in [0.5, 0.6) is 5.75 Å². The van der Waals surface area contributed by atoms with Gasteiger partial charge < -0.3 is 9.15 Å². The summed E-state index contributed by atoms with van der Waals surface area (Å²) in [5.74, 6) is 6.30. The van der Waals surface area contributed by atoms with Crippen molar-refractivity contribution in [3.05, 3.63) is 48.4 Å². The van der Waals surface area contributed by atoms with Gasteiger partial charge in [0.05, 0.1) is 0 Å². The van der Waals surface area contributed by atoms with Crippen LogP contribution < -0.4 is 16.0 Å². The third kappa shape index (κ3) is 2.34. The summed E-state index contributed by atoms with van der Waals surface area (Å²) < 4.78 is 10.9. The van der Waals surface area contributed by atoms with Crippen LogP contribution in [0.25, 0.3) is 10.8 Å². The molecule has 3 N–H and O–H groups in total. The second-order valence-corrected chi connectivity index (χ2v) is 3.91. The number of hydrogen-bond acceptors (Lipinski definition) is 6. The van der Waals surface area contributed by atoms with E-state index in [1.165, 1.54) is 0 Å². The molecule has 0 saturated carbocycles. The van der Waals surface area contributed by atoms with Crippen molar-refractivity contribution in [3.63, 3.8) is 0 Å². The third-order valence-corrected chi connectivity index (χ3v) is 2.69. The molecule has 0 atom stereocenters. The van der Waals surface area contributed by atoms with Gasteiger partial charge in [0.25, 0.3) is 5.89 Å². The SMILES string of the molecule is NNc1nnc(COc2cccc3ccccc23)o1. The molecule has 1 heterocycles. The van der Waals surface area contributed by atoms with E-state index in [2.05, 4.69) is 15.6 Å². The Balaban J connectivity index is 1.81. The quantitative estimate of drug-likeness (QED) is 0.549. The molecule has 6 heteroatoms. The van der Waals surface area contributed by atoms with Crippen molar-refractivity contribution >= 4 is 16.8 Å². The molecular formula is C13H12N4O2. The molecule has 0 amide bonds. The van der Waals surface area contributed by atoms with Crippen molar-refractivity contribution in [2.75, 3.05) is 5.43 Å². The minimum atomic E-state index is 0.163. The summed E-state index contributed by atoms with van der Waals surface area (Å²) >= 11 is 0. The van der Waals surface area contributed by atoms with Crippen LogP contribution in [0.4, 0.5) is 6.01 Å². The van der Waals surface area contributed by atoms with Crippen LogP contribution in [0.1, 0.15) is 5.89 Å². The fraction of sp³-hybridized carbons (Fsp3) is 0.0769. The molecule has 3 aromatic rings. The maximum atomic E-state index is 5.70. The zero-order chi connectivity index (χ0) is 13.1. The van der Waals surface area contributed by atoms with E-state index in [4.69, 9.17) is 15.0 Å². The van der Waals surface area contributed by atoms with Gasteiger partial charge in [0.1, 0.15) is 5.75 Å². The number of ether oxygens (including phenoxy) is 1. The highest BCUT2D eigenvalue weighted by Gasteiger charge is 2.07. The van der Waals surface area contributed by atoms with Crippen LogP contribution in [-0.4, -0.2) is 10.2 Å². The molecule has 6 nitrogen and oxygen atoms in total. The zero-order valence-electron chi connectivity index (χ0n) is 10.0. The lowest BCUT2D eigenvalue weighted by molar-refractivity contribution is 0.267. The Labute approximate surface area is 109 Å². The first-order valence-corrected chi connectivity index (χ1v) is 5.76. The summed E-state index contributed by atoms with van der Waals surface area (Å²) in [6, 6.07) is 14.0. The lowest BCUT2D eigenvalue weighted by Gasteiger charge is -2.06. The molecule has 0 aliphatic heterocycles. The average molecular weight is 256 g/mol. The first-order valence-electron chi connectivity index (χ1n) is 5.76. The Morgan fingerprint density at radius 1 is 1.11 bits per heavy atom. The molecule has 0 unspecified atom stereocenters. The molecule has 0 radical (unpaired) electrons. The van der Waals surface area contributed by atoms with E-state index in [0.717, 1.165) is 16.5 Å². The first-order chi connectivity index (χ1) is 9.36. The second kappa shape index (κ2) is 4.95. The van der Waals surface area contributed by atoms with Gasteiger partial charge in [-0.05, 0) is 11.5 Å².